The Bertz CT molecular complexity index is 474. The lowest BCUT2D eigenvalue weighted by Gasteiger charge is -2.25. The van der Waals surface area contributed by atoms with Gasteiger partial charge in [-0.1, -0.05) is 12.2 Å². The topological polar surface area (TPSA) is 108 Å². The number of aliphatic hydroxyl groups is 1. The Morgan fingerprint density at radius 2 is 2.21 bits per heavy atom. The van der Waals surface area contributed by atoms with Gasteiger partial charge in [0.25, 0.3) is 0 Å². The second-order valence-corrected chi connectivity index (χ2v) is 4.50. The number of aliphatic hydroxyl groups excluding tert-OH is 1. The third-order valence-electron chi connectivity index (χ3n) is 2.98. The zero-order valence-electron chi connectivity index (χ0n) is 10.3. The van der Waals surface area contributed by atoms with Crippen molar-refractivity contribution in [2.45, 2.75) is 31.5 Å². The van der Waals surface area contributed by atoms with Gasteiger partial charge in [0.15, 0.2) is 0 Å². The first-order chi connectivity index (χ1) is 9.06. The van der Waals surface area contributed by atoms with E-state index in [0.717, 1.165) is 0 Å². The van der Waals surface area contributed by atoms with E-state index in [1.54, 1.807) is 0 Å². The fraction of sp³-hybridized carbons (Fsp3) is 0.455. The highest BCUT2D eigenvalue weighted by Gasteiger charge is 2.22. The van der Waals surface area contributed by atoms with Crippen LogP contribution in [0.1, 0.15) is 12.8 Å². The first-order valence-corrected chi connectivity index (χ1v) is 6.08. The molecule has 1 aliphatic carbocycles. The molecule has 0 saturated heterocycles. The van der Waals surface area contributed by atoms with Crippen LogP contribution in [0, 0.1) is 0 Å². The van der Waals surface area contributed by atoms with Crippen molar-refractivity contribution >= 4 is 18.6 Å². The van der Waals surface area contributed by atoms with Crippen molar-refractivity contribution in [3.05, 3.63) is 24.4 Å². The van der Waals surface area contributed by atoms with Crippen LogP contribution in [0.15, 0.2) is 24.4 Å². The summed E-state index contributed by atoms with van der Waals surface area (Å²) >= 11 is 0. The highest BCUT2D eigenvalue weighted by atomic mass is 16.4. The van der Waals surface area contributed by atoms with Crippen LogP contribution >= 0.6 is 0 Å². The molecular formula is C11H16BN3O4. The molecule has 7 nitrogen and oxygen atoms in total. The second-order valence-electron chi connectivity index (χ2n) is 4.50. The van der Waals surface area contributed by atoms with Crippen LogP contribution < -0.4 is 10.9 Å². The van der Waals surface area contributed by atoms with E-state index in [1.165, 1.54) is 16.9 Å². The normalized spacial score (nSPS) is 22.3. The molecule has 102 valence electrons. The minimum Gasteiger partial charge on any atom is -0.422 e. The van der Waals surface area contributed by atoms with Gasteiger partial charge in [0.1, 0.15) is 6.54 Å². The van der Waals surface area contributed by atoms with Crippen LogP contribution in [0.5, 0.6) is 0 Å². The maximum atomic E-state index is 11.8. The molecule has 0 spiro atoms. The number of aromatic nitrogens is 2. The van der Waals surface area contributed by atoms with Crippen molar-refractivity contribution in [1.29, 1.82) is 0 Å². The highest BCUT2D eigenvalue weighted by molar-refractivity contribution is 6.57. The zero-order valence-corrected chi connectivity index (χ0v) is 10.3. The Hall–Kier alpha value is -1.64. The lowest BCUT2D eigenvalue weighted by molar-refractivity contribution is -0.123. The van der Waals surface area contributed by atoms with Gasteiger partial charge < -0.3 is 20.5 Å². The quantitative estimate of drug-likeness (QED) is 0.363. The standard InChI is InChI=1S/C11H16BN3O4/c16-9-4-2-1-3-8(9)13-11(17)7-15-6-5-10(14-15)12(18)19/h1-2,5-6,8-9,16,18-19H,3-4,7H2,(H,13,17)/t8?,9-/m1/s1. The van der Waals surface area contributed by atoms with Crippen molar-refractivity contribution < 1.29 is 19.9 Å². The van der Waals surface area contributed by atoms with E-state index in [2.05, 4.69) is 10.4 Å². The van der Waals surface area contributed by atoms with Gasteiger partial charge in [-0.3, -0.25) is 9.48 Å². The predicted octanol–water partition coefficient (Wildman–Crippen LogP) is -2.24. The summed E-state index contributed by atoms with van der Waals surface area (Å²) in [5.74, 6) is -0.276. The van der Waals surface area contributed by atoms with E-state index in [1.807, 2.05) is 12.2 Å². The molecular weight excluding hydrogens is 249 g/mol. The molecule has 4 N–H and O–H groups in total. The van der Waals surface area contributed by atoms with E-state index in [-0.39, 0.29) is 24.1 Å². The van der Waals surface area contributed by atoms with E-state index in [9.17, 15) is 9.90 Å². The van der Waals surface area contributed by atoms with Crippen molar-refractivity contribution in [2.24, 2.45) is 0 Å². The number of carbonyl (C=O) groups is 1. The van der Waals surface area contributed by atoms with Crippen LogP contribution in [-0.2, 0) is 11.3 Å². The lowest BCUT2D eigenvalue weighted by atomic mass is 9.87. The van der Waals surface area contributed by atoms with E-state index in [4.69, 9.17) is 10.0 Å². The number of nitrogens with zero attached hydrogens (tertiary/aromatic N) is 2. The molecule has 1 heterocycles. The molecule has 0 fully saturated rings. The van der Waals surface area contributed by atoms with Crippen molar-refractivity contribution in [3.63, 3.8) is 0 Å². The van der Waals surface area contributed by atoms with E-state index >= 15 is 0 Å². The van der Waals surface area contributed by atoms with Crippen LogP contribution in [0.25, 0.3) is 0 Å². The highest BCUT2D eigenvalue weighted by Crippen LogP contribution is 2.11. The van der Waals surface area contributed by atoms with Gasteiger partial charge in [0, 0.05) is 6.20 Å². The molecule has 1 unspecified atom stereocenters. The molecule has 0 radical (unpaired) electrons. The Morgan fingerprint density at radius 1 is 1.47 bits per heavy atom. The maximum absolute atomic E-state index is 11.8. The number of nitrogens with one attached hydrogen (secondary N) is 1. The van der Waals surface area contributed by atoms with Crippen molar-refractivity contribution in [1.82, 2.24) is 15.1 Å². The summed E-state index contributed by atoms with van der Waals surface area (Å²) < 4.78 is 1.31. The van der Waals surface area contributed by atoms with Crippen LogP contribution in [-0.4, -0.2) is 50.1 Å². The minimum atomic E-state index is -1.64. The molecule has 8 heteroatoms. The SMILES string of the molecule is O=C(Cn1ccc(B(O)O)n1)NC1CC=CC[C@H]1O. The number of hydrogen-bond donors (Lipinski definition) is 4. The fourth-order valence-corrected chi connectivity index (χ4v) is 1.96. The van der Waals surface area contributed by atoms with Crippen LogP contribution in [0.4, 0.5) is 0 Å². The van der Waals surface area contributed by atoms with Gasteiger partial charge in [-0.2, -0.15) is 5.10 Å². The monoisotopic (exact) mass is 265 g/mol. The third kappa shape index (κ3) is 3.66. The fourth-order valence-electron chi connectivity index (χ4n) is 1.96. The van der Waals surface area contributed by atoms with Gasteiger partial charge in [-0.15, -0.1) is 0 Å². The first kappa shape index (κ1) is 13.8. The van der Waals surface area contributed by atoms with E-state index < -0.39 is 13.2 Å². The van der Waals surface area contributed by atoms with Crippen molar-refractivity contribution in [2.75, 3.05) is 0 Å². The molecule has 2 rings (SSSR count). The maximum Gasteiger partial charge on any atom is 0.510 e. The average Bonchev–Trinajstić information content (AvgIpc) is 2.80. The average molecular weight is 265 g/mol. The largest absolute Gasteiger partial charge is 0.510 e. The van der Waals surface area contributed by atoms with Crippen molar-refractivity contribution in [3.8, 4) is 0 Å². The zero-order chi connectivity index (χ0) is 13.8. The van der Waals surface area contributed by atoms with Gasteiger partial charge in [0.05, 0.1) is 17.7 Å². The molecule has 1 aromatic heterocycles. The molecule has 1 aliphatic rings. The molecule has 19 heavy (non-hydrogen) atoms. The number of rotatable bonds is 4. The lowest BCUT2D eigenvalue weighted by Crippen LogP contribution is -2.45. The predicted molar refractivity (Wildman–Crippen MR) is 68.4 cm³/mol. The molecule has 1 amide bonds. The van der Waals surface area contributed by atoms with E-state index in [0.29, 0.717) is 12.8 Å². The summed E-state index contributed by atoms with van der Waals surface area (Å²) in [6.45, 7) is -0.0281. The van der Waals surface area contributed by atoms with Gasteiger partial charge in [0.2, 0.25) is 5.91 Å². The Balaban J connectivity index is 1.88. The molecule has 1 aromatic rings. The van der Waals surface area contributed by atoms with Gasteiger partial charge in [-0.05, 0) is 18.9 Å². The number of amides is 1. The minimum absolute atomic E-state index is 0.0281. The Kier molecular flexibility index (Phi) is 4.36. The molecule has 2 atom stereocenters. The molecule has 0 saturated carbocycles. The number of carbonyl (C=O) groups excluding carboxylic acids is 1. The molecule has 0 aliphatic heterocycles. The second kappa shape index (κ2) is 6.00. The van der Waals surface area contributed by atoms with Crippen LogP contribution in [0.3, 0.4) is 0 Å². The molecule has 0 aromatic carbocycles. The van der Waals surface area contributed by atoms with Gasteiger partial charge >= 0.3 is 7.12 Å². The molecule has 0 bridgehead atoms. The summed E-state index contributed by atoms with van der Waals surface area (Å²) in [5, 5.41) is 34.1. The summed E-state index contributed by atoms with van der Waals surface area (Å²) in [6.07, 6.45) is 5.87. The van der Waals surface area contributed by atoms with Gasteiger partial charge in [-0.25, -0.2) is 0 Å². The summed E-state index contributed by atoms with van der Waals surface area (Å²) in [5.41, 5.74) is 0.0911. The summed E-state index contributed by atoms with van der Waals surface area (Å²) in [7, 11) is -1.64. The Labute approximate surface area is 110 Å². The third-order valence-corrected chi connectivity index (χ3v) is 2.98. The summed E-state index contributed by atoms with van der Waals surface area (Å²) in [6, 6.07) is 1.15. The number of hydrogen-bond acceptors (Lipinski definition) is 5. The smallest absolute Gasteiger partial charge is 0.422 e. The van der Waals surface area contributed by atoms with Crippen LogP contribution in [0.2, 0.25) is 0 Å². The summed E-state index contributed by atoms with van der Waals surface area (Å²) in [4.78, 5) is 11.8. The first-order valence-electron chi connectivity index (χ1n) is 6.08. The Morgan fingerprint density at radius 3 is 2.84 bits per heavy atom.